The van der Waals surface area contributed by atoms with Gasteiger partial charge in [-0.1, -0.05) is 87.4 Å². The van der Waals surface area contributed by atoms with E-state index in [1.807, 2.05) is 48.5 Å². The average molecular weight is 881 g/mol. The minimum atomic E-state index is -1.92. The first-order chi connectivity index (χ1) is 28.7. The fraction of sp³-hybridized carbons (Fsp3) is 0.617. The molecule has 0 aromatic heterocycles. The molecule has 16 heteroatoms. The normalized spacial score (nSPS) is 16.3. The zero-order chi connectivity index (χ0) is 48.8. The van der Waals surface area contributed by atoms with Gasteiger partial charge in [-0.2, -0.15) is 0 Å². The number of likely N-dealkylation sites (N-methyl/N-ethyl adjacent to an activating group) is 2. The van der Waals surface area contributed by atoms with Gasteiger partial charge in [0.2, 0.25) is 11.8 Å². The van der Waals surface area contributed by atoms with Gasteiger partial charge in [-0.15, -0.1) is 0 Å². The molecule has 63 heavy (non-hydrogen) atoms. The molecule has 0 saturated heterocycles. The van der Waals surface area contributed by atoms with E-state index in [2.05, 4.69) is 16.0 Å². The second-order valence-corrected chi connectivity index (χ2v) is 20.4. The highest BCUT2D eigenvalue weighted by molar-refractivity contribution is 6.13. The number of carboxylic acids is 2. The highest BCUT2D eigenvalue weighted by atomic mass is 16.4. The van der Waals surface area contributed by atoms with Gasteiger partial charge in [-0.3, -0.25) is 38.5 Å². The fourth-order valence-corrected chi connectivity index (χ4v) is 8.24. The first-order valence-corrected chi connectivity index (χ1v) is 21.3. The van der Waals surface area contributed by atoms with Crippen molar-refractivity contribution in [2.45, 2.75) is 144 Å². The Balaban J connectivity index is 2.44. The standard InChI is InChI=1S/C47H72N6O10/c1-28(2)32(27-29(3)40(60)53(45(10,11)12)47(42(62)63,44(7,8)9)24-23-35(56)57)51(16)41(61)37(43(4,5)6)50-39(59)36(48-15)46(13,14)31-19-17-30(18-20-31)38(58)49-25-26-52-33(54)21-22-34(52)55/h17-22,27-28,32,36-37,48H,23-26H2,1-16H3,(H,49,58)(H,50,59)(H,56,57)(H,62,63)/b29-27+/t32-,36?,37-,47-/m1/s1. The van der Waals surface area contributed by atoms with E-state index in [-0.39, 0.29) is 31.0 Å². The maximum absolute atomic E-state index is 14.6. The minimum absolute atomic E-state index is 0.0308. The molecular formula is C47H72N6O10. The first-order valence-electron chi connectivity index (χ1n) is 21.3. The summed E-state index contributed by atoms with van der Waals surface area (Å²) < 4.78 is 0. The zero-order valence-electron chi connectivity index (χ0n) is 40.2. The number of hydrogen-bond donors (Lipinski definition) is 5. The molecule has 0 aliphatic carbocycles. The number of carbonyl (C=O) groups is 8. The van der Waals surface area contributed by atoms with Crippen molar-refractivity contribution < 1.29 is 48.6 Å². The predicted molar refractivity (Wildman–Crippen MR) is 240 cm³/mol. The van der Waals surface area contributed by atoms with E-state index in [9.17, 15) is 48.6 Å². The van der Waals surface area contributed by atoms with E-state index >= 15 is 0 Å². The molecule has 0 spiro atoms. The summed E-state index contributed by atoms with van der Waals surface area (Å²) in [5, 5.41) is 29.3. The van der Waals surface area contributed by atoms with E-state index in [0.29, 0.717) is 5.56 Å². The van der Waals surface area contributed by atoms with Gasteiger partial charge in [0.25, 0.3) is 23.6 Å². The van der Waals surface area contributed by atoms with Crippen LogP contribution in [0, 0.1) is 16.7 Å². The molecule has 0 radical (unpaired) electrons. The van der Waals surface area contributed by atoms with E-state index in [1.54, 1.807) is 92.9 Å². The SMILES string of the molecule is CNC(C(=O)N[C@H](C(=O)N(C)[C@H](/C=C(\C)C(=O)N(C(C)(C)C)[C@](CCC(=O)O)(C(=O)O)C(C)(C)C)C(C)C)C(C)(C)C)C(C)(C)c1ccc(C(=O)NCCN2C(=O)C=CC2=O)cc1. The number of aliphatic carboxylic acids is 2. The Kier molecular flexibility index (Phi) is 17.4. The van der Waals surface area contributed by atoms with Crippen molar-refractivity contribution in [3.8, 4) is 0 Å². The minimum Gasteiger partial charge on any atom is -0.481 e. The van der Waals surface area contributed by atoms with Crippen molar-refractivity contribution >= 4 is 47.4 Å². The molecule has 4 atom stereocenters. The van der Waals surface area contributed by atoms with Crippen molar-refractivity contribution in [1.82, 2.24) is 30.7 Å². The van der Waals surface area contributed by atoms with Gasteiger partial charge in [0.15, 0.2) is 0 Å². The second-order valence-electron chi connectivity index (χ2n) is 20.4. The third-order valence-corrected chi connectivity index (χ3v) is 11.9. The van der Waals surface area contributed by atoms with Crippen LogP contribution in [0.1, 0.15) is 126 Å². The fourth-order valence-electron chi connectivity index (χ4n) is 8.24. The Bertz CT molecular complexity index is 1950. The molecule has 2 rings (SSSR count). The van der Waals surface area contributed by atoms with Crippen LogP contribution in [0.3, 0.4) is 0 Å². The number of rotatable bonds is 19. The first kappa shape index (κ1) is 53.8. The third kappa shape index (κ3) is 12.4. The van der Waals surface area contributed by atoms with Crippen molar-refractivity contribution in [2.24, 2.45) is 16.7 Å². The van der Waals surface area contributed by atoms with E-state index in [1.165, 1.54) is 22.0 Å². The molecule has 350 valence electrons. The molecule has 0 bridgehead atoms. The van der Waals surface area contributed by atoms with Gasteiger partial charge in [-0.25, -0.2) is 4.79 Å². The Morgan fingerprint density at radius 2 is 1.35 bits per heavy atom. The number of carboxylic acid groups (broad SMARTS) is 2. The monoisotopic (exact) mass is 881 g/mol. The molecule has 1 aliphatic heterocycles. The largest absolute Gasteiger partial charge is 0.481 e. The van der Waals surface area contributed by atoms with Gasteiger partial charge < -0.3 is 36.0 Å². The van der Waals surface area contributed by atoms with Crippen LogP contribution < -0.4 is 16.0 Å². The molecule has 6 amide bonds. The number of imide groups is 1. The van der Waals surface area contributed by atoms with E-state index in [4.69, 9.17) is 0 Å². The van der Waals surface area contributed by atoms with Crippen LogP contribution in [0.5, 0.6) is 0 Å². The van der Waals surface area contributed by atoms with E-state index < -0.39 is 99.3 Å². The van der Waals surface area contributed by atoms with Gasteiger partial charge in [-0.05, 0) is 75.6 Å². The Morgan fingerprint density at radius 3 is 1.76 bits per heavy atom. The van der Waals surface area contributed by atoms with Crippen molar-refractivity contribution in [3.05, 3.63) is 59.2 Å². The topological polar surface area (TPSA) is 223 Å². The number of nitrogens with zero attached hydrogens (tertiary/aromatic N) is 3. The zero-order valence-corrected chi connectivity index (χ0v) is 40.2. The van der Waals surface area contributed by atoms with Crippen LogP contribution in [0.4, 0.5) is 0 Å². The lowest BCUT2D eigenvalue weighted by atomic mass is 9.67. The maximum Gasteiger partial charge on any atom is 0.330 e. The molecule has 1 heterocycles. The highest BCUT2D eigenvalue weighted by Gasteiger charge is 2.58. The lowest BCUT2D eigenvalue weighted by molar-refractivity contribution is -0.177. The van der Waals surface area contributed by atoms with Crippen molar-refractivity contribution in [2.75, 3.05) is 27.2 Å². The van der Waals surface area contributed by atoms with Crippen LogP contribution in [-0.4, -0.2) is 129 Å². The Morgan fingerprint density at radius 1 is 0.825 bits per heavy atom. The number of hydrogen-bond acceptors (Lipinski definition) is 9. The number of carbonyl (C=O) groups excluding carboxylic acids is 6. The summed E-state index contributed by atoms with van der Waals surface area (Å²) in [7, 11) is 3.23. The molecule has 1 aromatic carbocycles. The number of amides is 6. The van der Waals surface area contributed by atoms with Crippen LogP contribution in [0.25, 0.3) is 0 Å². The molecule has 1 aliphatic rings. The van der Waals surface area contributed by atoms with Crippen molar-refractivity contribution in [1.29, 1.82) is 0 Å². The van der Waals surface area contributed by atoms with Crippen LogP contribution in [0.15, 0.2) is 48.1 Å². The van der Waals surface area contributed by atoms with E-state index in [0.717, 1.165) is 10.5 Å². The van der Waals surface area contributed by atoms with Gasteiger partial charge in [0.1, 0.15) is 11.6 Å². The van der Waals surface area contributed by atoms with Gasteiger partial charge >= 0.3 is 11.9 Å². The maximum atomic E-state index is 14.6. The summed E-state index contributed by atoms with van der Waals surface area (Å²) in [6, 6.07) is 4.14. The average Bonchev–Trinajstić information content (AvgIpc) is 3.47. The molecule has 1 unspecified atom stereocenters. The summed E-state index contributed by atoms with van der Waals surface area (Å²) in [5.41, 5.74) is -4.52. The summed E-state index contributed by atoms with van der Waals surface area (Å²) in [4.78, 5) is 109. The molecule has 0 fully saturated rings. The van der Waals surface area contributed by atoms with Gasteiger partial charge in [0, 0.05) is 60.8 Å². The van der Waals surface area contributed by atoms with Gasteiger partial charge in [0.05, 0.1) is 12.1 Å². The number of benzene rings is 1. The van der Waals surface area contributed by atoms with Crippen LogP contribution in [0.2, 0.25) is 0 Å². The molecule has 5 N–H and O–H groups in total. The summed E-state index contributed by atoms with van der Waals surface area (Å²) in [6.07, 6.45) is 3.17. The lowest BCUT2D eigenvalue weighted by Crippen LogP contribution is -2.69. The third-order valence-electron chi connectivity index (χ3n) is 11.9. The summed E-state index contributed by atoms with van der Waals surface area (Å²) in [5.74, 6) is -5.53. The van der Waals surface area contributed by atoms with Crippen LogP contribution in [-0.2, 0) is 39.0 Å². The molecule has 16 nitrogen and oxygen atoms in total. The summed E-state index contributed by atoms with van der Waals surface area (Å²) in [6.45, 7) is 24.7. The molecule has 1 aromatic rings. The Labute approximate surface area is 373 Å². The lowest BCUT2D eigenvalue weighted by Gasteiger charge is -2.54. The second kappa shape index (κ2) is 20.4. The van der Waals surface area contributed by atoms with Crippen LogP contribution >= 0.6 is 0 Å². The molecule has 0 saturated carbocycles. The molecular weight excluding hydrogens is 809 g/mol. The Hall–Kier alpha value is -5.38. The summed E-state index contributed by atoms with van der Waals surface area (Å²) >= 11 is 0. The quantitative estimate of drug-likeness (QED) is 0.0960. The van der Waals surface area contributed by atoms with Crippen molar-refractivity contribution in [3.63, 3.8) is 0 Å². The predicted octanol–water partition coefficient (Wildman–Crippen LogP) is 4.53. The highest BCUT2D eigenvalue weighted by Crippen LogP contribution is 2.44. The number of nitrogens with one attached hydrogen (secondary N) is 3. The smallest absolute Gasteiger partial charge is 0.330 e.